The Morgan fingerprint density at radius 2 is 1.90 bits per heavy atom. The van der Waals surface area contributed by atoms with Crippen LogP contribution >= 0.6 is 0 Å². The Morgan fingerprint density at radius 3 is 2.86 bits per heavy atom. The van der Waals surface area contributed by atoms with Crippen LogP contribution in [0.2, 0.25) is 0 Å². The highest BCUT2D eigenvalue weighted by Crippen LogP contribution is 2.19. The van der Waals surface area contributed by atoms with Crippen LogP contribution in [0.4, 0.5) is 0 Å². The van der Waals surface area contributed by atoms with Gasteiger partial charge in [0.05, 0.1) is 5.52 Å². The number of ketones is 1. The average Bonchev–Trinajstić information content (AvgIpc) is 3.12. The van der Waals surface area contributed by atoms with Crippen LogP contribution in [0.15, 0.2) is 54.7 Å². The van der Waals surface area contributed by atoms with Gasteiger partial charge in [0, 0.05) is 22.7 Å². The van der Waals surface area contributed by atoms with Gasteiger partial charge in [-0.1, -0.05) is 35.5 Å². The number of fused-ring (bicyclic) bond motifs is 2. The van der Waals surface area contributed by atoms with Crippen LogP contribution in [-0.4, -0.2) is 25.8 Å². The molecule has 102 valence electrons. The van der Waals surface area contributed by atoms with Gasteiger partial charge in [0.25, 0.3) is 0 Å². The molecule has 0 radical (unpaired) electrons. The lowest BCUT2D eigenvalue weighted by atomic mass is 10.1. The monoisotopic (exact) mass is 276 g/mol. The molecule has 4 aromatic rings. The number of para-hydroxylation sites is 2. The summed E-state index contributed by atoms with van der Waals surface area (Å²) in [4.78, 5) is 15.6. The molecule has 1 N–H and O–H groups in total. The average molecular weight is 276 g/mol. The van der Waals surface area contributed by atoms with E-state index in [2.05, 4.69) is 15.3 Å². The van der Waals surface area contributed by atoms with E-state index in [9.17, 15) is 4.79 Å². The van der Waals surface area contributed by atoms with Gasteiger partial charge in [0.15, 0.2) is 5.78 Å². The number of hydrogen-bond donors (Lipinski definition) is 1. The fraction of sp³-hybridized carbons (Fsp3) is 0.0625. The maximum absolute atomic E-state index is 12.5. The molecule has 0 spiro atoms. The van der Waals surface area contributed by atoms with E-state index in [0.29, 0.717) is 5.56 Å². The molecule has 0 aliphatic carbocycles. The van der Waals surface area contributed by atoms with Crippen LogP contribution in [0.1, 0.15) is 10.4 Å². The molecule has 0 amide bonds. The second-order valence-corrected chi connectivity index (χ2v) is 4.91. The number of H-pyrrole nitrogens is 1. The van der Waals surface area contributed by atoms with Crippen molar-refractivity contribution in [2.75, 3.05) is 0 Å². The van der Waals surface area contributed by atoms with Crippen LogP contribution in [0.25, 0.3) is 21.9 Å². The third-order valence-corrected chi connectivity index (χ3v) is 3.60. The number of carbonyl (C=O) groups is 1. The van der Waals surface area contributed by atoms with Crippen LogP contribution in [0.5, 0.6) is 0 Å². The predicted octanol–water partition coefficient (Wildman–Crippen LogP) is 2.80. The molecule has 0 unspecified atom stereocenters. The predicted molar refractivity (Wildman–Crippen MR) is 80.2 cm³/mol. The van der Waals surface area contributed by atoms with Gasteiger partial charge in [-0.3, -0.25) is 4.79 Å². The van der Waals surface area contributed by atoms with Crippen molar-refractivity contribution in [1.82, 2.24) is 20.0 Å². The first-order chi connectivity index (χ1) is 10.3. The maximum Gasteiger partial charge on any atom is 0.186 e. The smallest absolute Gasteiger partial charge is 0.186 e. The van der Waals surface area contributed by atoms with E-state index in [1.807, 2.05) is 48.5 Å². The van der Waals surface area contributed by atoms with Crippen molar-refractivity contribution in [1.29, 1.82) is 0 Å². The molecule has 0 bridgehead atoms. The van der Waals surface area contributed by atoms with Crippen LogP contribution in [0, 0.1) is 0 Å². The first kappa shape index (κ1) is 11.8. The molecule has 5 heteroatoms. The molecular weight excluding hydrogens is 264 g/mol. The van der Waals surface area contributed by atoms with Crippen molar-refractivity contribution >= 4 is 27.7 Å². The van der Waals surface area contributed by atoms with Crippen molar-refractivity contribution in [2.24, 2.45) is 0 Å². The summed E-state index contributed by atoms with van der Waals surface area (Å²) in [5, 5.41) is 9.07. The lowest BCUT2D eigenvalue weighted by molar-refractivity contribution is 0.0970. The second kappa shape index (κ2) is 4.56. The Kier molecular flexibility index (Phi) is 2.57. The number of aromatic nitrogens is 4. The zero-order valence-corrected chi connectivity index (χ0v) is 11.2. The van der Waals surface area contributed by atoms with Crippen LogP contribution in [-0.2, 0) is 6.54 Å². The number of nitrogens with zero attached hydrogens (tertiary/aromatic N) is 3. The van der Waals surface area contributed by atoms with Gasteiger partial charge < -0.3 is 4.98 Å². The lowest BCUT2D eigenvalue weighted by Gasteiger charge is -2.01. The van der Waals surface area contributed by atoms with Crippen LogP contribution < -0.4 is 0 Å². The van der Waals surface area contributed by atoms with E-state index < -0.39 is 0 Å². The summed E-state index contributed by atoms with van der Waals surface area (Å²) in [5.74, 6) is 0.0168. The molecule has 0 saturated carbocycles. The molecule has 21 heavy (non-hydrogen) atoms. The van der Waals surface area contributed by atoms with Crippen molar-refractivity contribution in [3.63, 3.8) is 0 Å². The number of carbonyl (C=O) groups excluding carboxylic acids is 1. The first-order valence-electron chi connectivity index (χ1n) is 6.70. The first-order valence-corrected chi connectivity index (χ1v) is 6.70. The van der Waals surface area contributed by atoms with E-state index >= 15 is 0 Å². The molecule has 2 heterocycles. The Balaban J connectivity index is 1.72. The summed E-state index contributed by atoms with van der Waals surface area (Å²) in [6.07, 6.45) is 1.76. The lowest BCUT2D eigenvalue weighted by Crippen LogP contribution is -2.11. The number of nitrogens with one attached hydrogen (secondary N) is 1. The molecular formula is C16H12N4O. The van der Waals surface area contributed by atoms with Gasteiger partial charge in [-0.15, -0.1) is 5.10 Å². The van der Waals surface area contributed by atoms with E-state index in [0.717, 1.165) is 21.9 Å². The van der Waals surface area contributed by atoms with Gasteiger partial charge in [-0.05, 0) is 18.2 Å². The van der Waals surface area contributed by atoms with Gasteiger partial charge in [-0.25, -0.2) is 4.68 Å². The summed E-state index contributed by atoms with van der Waals surface area (Å²) >= 11 is 0. The van der Waals surface area contributed by atoms with Gasteiger partial charge >= 0.3 is 0 Å². The minimum Gasteiger partial charge on any atom is -0.360 e. The van der Waals surface area contributed by atoms with Crippen molar-refractivity contribution in [2.45, 2.75) is 6.54 Å². The molecule has 0 fully saturated rings. The molecule has 0 atom stereocenters. The highest BCUT2D eigenvalue weighted by atomic mass is 16.1. The van der Waals surface area contributed by atoms with Crippen molar-refractivity contribution < 1.29 is 4.79 Å². The largest absolute Gasteiger partial charge is 0.360 e. The van der Waals surface area contributed by atoms with E-state index in [1.54, 1.807) is 10.9 Å². The van der Waals surface area contributed by atoms with Crippen molar-refractivity contribution in [3.05, 3.63) is 60.3 Å². The summed E-state index contributed by atoms with van der Waals surface area (Å²) in [7, 11) is 0. The highest BCUT2D eigenvalue weighted by Gasteiger charge is 2.14. The van der Waals surface area contributed by atoms with Gasteiger partial charge in [-0.2, -0.15) is 0 Å². The van der Waals surface area contributed by atoms with E-state index in [-0.39, 0.29) is 12.3 Å². The third kappa shape index (κ3) is 1.90. The summed E-state index contributed by atoms with van der Waals surface area (Å²) < 4.78 is 1.64. The molecule has 0 aliphatic rings. The fourth-order valence-electron chi connectivity index (χ4n) is 2.56. The second-order valence-electron chi connectivity index (χ2n) is 4.91. The SMILES string of the molecule is O=C(Cn1nnc2ccccc21)c1c[nH]c2ccccc12. The van der Waals surface area contributed by atoms with E-state index in [4.69, 9.17) is 0 Å². The Labute approximate surface area is 120 Å². The number of rotatable bonds is 3. The van der Waals surface area contributed by atoms with Crippen molar-refractivity contribution in [3.8, 4) is 0 Å². The molecule has 2 aromatic heterocycles. The number of Topliss-reactive ketones (excluding diaryl/α,β-unsaturated/α-hetero) is 1. The Morgan fingerprint density at radius 1 is 1.10 bits per heavy atom. The number of hydrogen-bond acceptors (Lipinski definition) is 3. The van der Waals surface area contributed by atoms with Gasteiger partial charge in [0.1, 0.15) is 12.1 Å². The zero-order chi connectivity index (χ0) is 14.2. The molecule has 4 rings (SSSR count). The third-order valence-electron chi connectivity index (χ3n) is 3.60. The Hall–Kier alpha value is -2.95. The molecule has 0 saturated heterocycles. The number of aromatic amines is 1. The molecule has 5 nitrogen and oxygen atoms in total. The minimum absolute atomic E-state index is 0.0168. The minimum atomic E-state index is 0.0168. The maximum atomic E-state index is 12.5. The van der Waals surface area contributed by atoms with E-state index in [1.165, 1.54) is 0 Å². The Bertz CT molecular complexity index is 951. The number of benzene rings is 2. The summed E-state index contributed by atoms with van der Waals surface area (Å²) in [6, 6.07) is 15.4. The zero-order valence-electron chi connectivity index (χ0n) is 11.2. The normalized spacial score (nSPS) is 11.2. The highest BCUT2D eigenvalue weighted by molar-refractivity contribution is 6.07. The fourth-order valence-corrected chi connectivity index (χ4v) is 2.56. The summed E-state index contributed by atoms with van der Waals surface area (Å²) in [5.41, 5.74) is 3.31. The molecule has 2 aromatic carbocycles. The topological polar surface area (TPSA) is 63.6 Å². The van der Waals surface area contributed by atoms with Gasteiger partial charge in [0.2, 0.25) is 0 Å². The quantitative estimate of drug-likeness (QED) is 0.585. The molecule has 0 aliphatic heterocycles. The standard InChI is InChI=1S/C16H12N4O/c21-16(12-9-17-13-6-2-1-5-11(12)13)10-20-15-8-4-3-7-14(15)18-19-20/h1-9,17H,10H2. The van der Waals surface area contributed by atoms with Crippen LogP contribution in [0.3, 0.4) is 0 Å². The summed E-state index contributed by atoms with van der Waals surface area (Å²) in [6.45, 7) is 0.183.